The van der Waals surface area contributed by atoms with E-state index in [9.17, 15) is 4.79 Å². The van der Waals surface area contributed by atoms with Gasteiger partial charge in [0.25, 0.3) is 5.91 Å². The molecule has 2 heterocycles. The average Bonchev–Trinajstić information content (AvgIpc) is 3.12. The Labute approximate surface area is 216 Å². The van der Waals surface area contributed by atoms with Crippen molar-refractivity contribution in [2.75, 3.05) is 37.6 Å². The summed E-state index contributed by atoms with van der Waals surface area (Å²) < 4.78 is 2.32. The van der Waals surface area contributed by atoms with E-state index in [0.29, 0.717) is 11.5 Å². The van der Waals surface area contributed by atoms with Crippen LogP contribution in [0.25, 0.3) is 11.3 Å². The van der Waals surface area contributed by atoms with E-state index < -0.39 is 0 Å². The van der Waals surface area contributed by atoms with Gasteiger partial charge in [0.1, 0.15) is 0 Å². The number of hydrogen-bond acceptors (Lipinski definition) is 3. The number of aryl methyl sites for hydroxylation is 1. The van der Waals surface area contributed by atoms with E-state index in [0.717, 1.165) is 74.6 Å². The molecular formula is C31H42N4O. The molecule has 1 aliphatic rings. The molecule has 1 saturated heterocycles. The van der Waals surface area contributed by atoms with Crippen LogP contribution in [-0.4, -0.2) is 48.1 Å². The van der Waals surface area contributed by atoms with Crippen molar-refractivity contribution >= 4 is 11.6 Å². The van der Waals surface area contributed by atoms with Crippen LogP contribution < -0.4 is 10.6 Å². The zero-order chi connectivity index (χ0) is 25.8. The summed E-state index contributed by atoms with van der Waals surface area (Å²) in [7, 11) is 0. The molecule has 0 unspecified atom stereocenters. The van der Waals surface area contributed by atoms with Gasteiger partial charge in [-0.15, -0.1) is 0 Å². The maximum absolute atomic E-state index is 12.6. The van der Waals surface area contributed by atoms with Crippen LogP contribution in [0.2, 0.25) is 0 Å². The summed E-state index contributed by atoms with van der Waals surface area (Å²) in [5.74, 6) is 0.157. The fraction of sp³-hybridized carbons (Fsp3) is 0.452. The Kier molecular flexibility index (Phi) is 8.20. The van der Waals surface area contributed by atoms with Gasteiger partial charge < -0.3 is 15.2 Å². The predicted octanol–water partition coefficient (Wildman–Crippen LogP) is 5.59. The molecule has 36 heavy (non-hydrogen) atoms. The number of nitrogens with two attached hydrogens (primary N) is 1. The van der Waals surface area contributed by atoms with Gasteiger partial charge in [0.15, 0.2) is 0 Å². The van der Waals surface area contributed by atoms with Crippen molar-refractivity contribution < 1.29 is 4.79 Å². The molecule has 192 valence electrons. The number of carbonyl (C=O) groups excluding carboxylic acids is 1. The third-order valence-corrected chi connectivity index (χ3v) is 7.66. The molecule has 5 heteroatoms. The molecule has 0 aliphatic carbocycles. The number of hydrogen-bond donors (Lipinski definition) is 1. The quantitative estimate of drug-likeness (QED) is 0.429. The lowest BCUT2D eigenvalue weighted by Crippen LogP contribution is -2.47. The van der Waals surface area contributed by atoms with E-state index in [1.807, 2.05) is 13.0 Å². The lowest BCUT2D eigenvalue weighted by atomic mass is 9.99. The molecule has 4 rings (SSSR count). The molecule has 0 bridgehead atoms. The van der Waals surface area contributed by atoms with Crippen molar-refractivity contribution in [1.82, 2.24) is 9.47 Å². The lowest BCUT2D eigenvalue weighted by Gasteiger charge is -2.37. The van der Waals surface area contributed by atoms with Crippen molar-refractivity contribution in [2.24, 2.45) is 11.7 Å². The largest absolute Gasteiger partial charge is 0.369 e. The standard InChI is InChI=1S/C31H42N4O/c1-22(2)21-35-25(5)29(31(32)36)27(30(35)26-12-7-6-8-13-26)14-10-16-33-17-19-34(20-18-33)28-15-9-11-23(3)24(28)4/h6-9,11-13,15,22H,10,14,16-21H2,1-5H3,(H2,32,36). The molecule has 1 aliphatic heterocycles. The van der Waals surface area contributed by atoms with Gasteiger partial charge in [-0.1, -0.05) is 56.3 Å². The summed E-state index contributed by atoms with van der Waals surface area (Å²) in [5.41, 5.74) is 15.2. The van der Waals surface area contributed by atoms with Crippen LogP contribution in [-0.2, 0) is 13.0 Å². The first-order valence-electron chi connectivity index (χ1n) is 13.4. The lowest BCUT2D eigenvalue weighted by molar-refractivity contribution is 0.0998. The highest BCUT2D eigenvalue weighted by Gasteiger charge is 2.25. The highest BCUT2D eigenvalue weighted by atomic mass is 16.1. The zero-order valence-corrected chi connectivity index (χ0v) is 22.7. The normalized spacial score (nSPS) is 14.6. The molecule has 1 amide bonds. The average molecular weight is 487 g/mol. The van der Waals surface area contributed by atoms with Crippen LogP contribution in [0.4, 0.5) is 5.69 Å². The Balaban J connectivity index is 1.49. The first-order chi connectivity index (χ1) is 17.3. The topological polar surface area (TPSA) is 54.5 Å². The minimum absolute atomic E-state index is 0.315. The Morgan fingerprint density at radius 1 is 0.944 bits per heavy atom. The van der Waals surface area contributed by atoms with E-state index in [-0.39, 0.29) is 5.91 Å². The van der Waals surface area contributed by atoms with Crippen LogP contribution in [0.1, 0.15) is 53.0 Å². The molecule has 0 atom stereocenters. The summed E-state index contributed by atoms with van der Waals surface area (Å²) in [5, 5.41) is 0. The zero-order valence-electron chi connectivity index (χ0n) is 22.7. The minimum Gasteiger partial charge on any atom is -0.369 e. The van der Waals surface area contributed by atoms with Crippen LogP contribution in [0.5, 0.6) is 0 Å². The highest BCUT2D eigenvalue weighted by molar-refractivity contribution is 5.98. The van der Waals surface area contributed by atoms with Gasteiger partial charge in [0.05, 0.1) is 11.3 Å². The second-order valence-electron chi connectivity index (χ2n) is 10.7. The third kappa shape index (κ3) is 5.52. The summed E-state index contributed by atoms with van der Waals surface area (Å²) in [6, 6.07) is 17.1. The van der Waals surface area contributed by atoms with Gasteiger partial charge in [-0.3, -0.25) is 9.69 Å². The minimum atomic E-state index is -0.315. The number of amides is 1. The second kappa shape index (κ2) is 11.3. The Morgan fingerprint density at radius 3 is 2.28 bits per heavy atom. The fourth-order valence-electron chi connectivity index (χ4n) is 5.66. The number of benzene rings is 2. The summed E-state index contributed by atoms with van der Waals surface area (Å²) in [6.07, 6.45) is 1.86. The van der Waals surface area contributed by atoms with Crippen molar-refractivity contribution in [3.05, 3.63) is 76.5 Å². The molecule has 3 aromatic rings. The third-order valence-electron chi connectivity index (χ3n) is 7.66. The van der Waals surface area contributed by atoms with Crippen LogP contribution in [0.3, 0.4) is 0 Å². The van der Waals surface area contributed by atoms with Crippen molar-refractivity contribution in [3.63, 3.8) is 0 Å². The molecular weight excluding hydrogens is 444 g/mol. The first kappa shape index (κ1) is 26.0. The van der Waals surface area contributed by atoms with Crippen LogP contribution >= 0.6 is 0 Å². The maximum Gasteiger partial charge on any atom is 0.250 e. The Hall–Kier alpha value is -3.05. The van der Waals surface area contributed by atoms with E-state index in [2.05, 4.69) is 84.5 Å². The molecule has 1 fully saturated rings. The number of rotatable bonds is 9. The summed E-state index contributed by atoms with van der Waals surface area (Å²) in [4.78, 5) is 17.7. The first-order valence-corrected chi connectivity index (χ1v) is 13.4. The van der Waals surface area contributed by atoms with E-state index >= 15 is 0 Å². The van der Waals surface area contributed by atoms with Crippen LogP contribution in [0, 0.1) is 26.7 Å². The molecule has 1 aromatic heterocycles. The molecule has 2 aromatic carbocycles. The van der Waals surface area contributed by atoms with Crippen molar-refractivity contribution in [2.45, 2.75) is 54.0 Å². The molecule has 0 spiro atoms. The van der Waals surface area contributed by atoms with Gasteiger partial charge in [0.2, 0.25) is 0 Å². The van der Waals surface area contributed by atoms with Gasteiger partial charge >= 0.3 is 0 Å². The number of primary amides is 1. The predicted molar refractivity (Wildman–Crippen MR) is 151 cm³/mol. The maximum atomic E-state index is 12.6. The van der Waals surface area contributed by atoms with E-state index in [1.54, 1.807) is 0 Å². The number of piperazine rings is 1. The molecule has 2 N–H and O–H groups in total. The van der Waals surface area contributed by atoms with Gasteiger partial charge in [-0.25, -0.2) is 0 Å². The number of nitrogens with zero attached hydrogens (tertiary/aromatic N) is 3. The second-order valence-corrected chi connectivity index (χ2v) is 10.7. The number of anilines is 1. The van der Waals surface area contributed by atoms with Gasteiger partial charge in [-0.05, 0) is 74.4 Å². The number of aromatic nitrogens is 1. The van der Waals surface area contributed by atoms with E-state index in [4.69, 9.17) is 5.73 Å². The van der Waals surface area contributed by atoms with Gasteiger partial charge in [-0.2, -0.15) is 0 Å². The summed E-state index contributed by atoms with van der Waals surface area (Å²) in [6.45, 7) is 17.0. The van der Waals surface area contributed by atoms with Crippen molar-refractivity contribution in [1.29, 1.82) is 0 Å². The Morgan fingerprint density at radius 2 is 1.64 bits per heavy atom. The molecule has 5 nitrogen and oxygen atoms in total. The van der Waals surface area contributed by atoms with E-state index in [1.165, 1.54) is 16.8 Å². The smallest absolute Gasteiger partial charge is 0.250 e. The number of carbonyl (C=O) groups is 1. The summed E-state index contributed by atoms with van der Waals surface area (Å²) >= 11 is 0. The SMILES string of the molecule is Cc1cccc(N2CCN(CCCc3c(C(N)=O)c(C)n(CC(C)C)c3-c3ccccc3)CC2)c1C. The fourth-order valence-corrected chi connectivity index (χ4v) is 5.66. The molecule has 0 saturated carbocycles. The molecule has 0 radical (unpaired) electrons. The van der Waals surface area contributed by atoms with Crippen LogP contribution in [0.15, 0.2) is 48.5 Å². The van der Waals surface area contributed by atoms with Crippen molar-refractivity contribution in [3.8, 4) is 11.3 Å². The monoisotopic (exact) mass is 486 g/mol. The Bertz CT molecular complexity index is 1190. The highest BCUT2D eigenvalue weighted by Crippen LogP contribution is 2.33. The van der Waals surface area contributed by atoms with Gasteiger partial charge in [0, 0.05) is 44.1 Å².